The minimum absolute atomic E-state index is 0.604. The molecule has 1 unspecified atom stereocenters. The number of rotatable bonds is 0. The van der Waals surface area contributed by atoms with Crippen LogP contribution in [-0.4, -0.2) is 0 Å². The standard InChI is InChI=1S/C16H12/c1-2-6-13-11(5-1)9-12-10-16(13)15-8-4-3-7-14(12)15/h1-9,16H,10H2. The summed E-state index contributed by atoms with van der Waals surface area (Å²) in [6.45, 7) is 0. The van der Waals surface area contributed by atoms with Gasteiger partial charge in [0.05, 0.1) is 0 Å². The van der Waals surface area contributed by atoms with Crippen LogP contribution in [0.1, 0.15) is 34.6 Å². The third kappa shape index (κ3) is 0.943. The Hall–Kier alpha value is -1.82. The van der Waals surface area contributed by atoms with Crippen LogP contribution in [0.5, 0.6) is 0 Å². The van der Waals surface area contributed by atoms with E-state index in [0.717, 1.165) is 0 Å². The van der Waals surface area contributed by atoms with Gasteiger partial charge in [0.25, 0.3) is 0 Å². The number of fused-ring (bicyclic) bond motifs is 7. The van der Waals surface area contributed by atoms with Crippen LogP contribution in [0.4, 0.5) is 0 Å². The van der Waals surface area contributed by atoms with Crippen LogP contribution in [0.25, 0.3) is 11.6 Å². The van der Waals surface area contributed by atoms with Crippen molar-refractivity contribution < 1.29 is 0 Å². The van der Waals surface area contributed by atoms with E-state index in [0.29, 0.717) is 5.92 Å². The van der Waals surface area contributed by atoms with Gasteiger partial charge in [-0.25, -0.2) is 0 Å². The van der Waals surface area contributed by atoms with Gasteiger partial charge in [0.1, 0.15) is 0 Å². The summed E-state index contributed by atoms with van der Waals surface area (Å²) in [6, 6.07) is 17.6. The molecule has 2 bridgehead atoms. The summed E-state index contributed by atoms with van der Waals surface area (Å²) < 4.78 is 0. The third-order valence-electron chi connectivity index (χ3n) is 3.81. The highest BCUT2D eigenvalue weighted by atomic mass is 14.3. The fraction of sp³-hybridized carbons (Fsp3) is 0.125. The zero-order chi connectivity index (χ0) is 10.5. The molecule has 4 rings (SSSR count). The van der Waals surface area contributed by atoms with Crippen molar-refractivity contribution in [1.82, 2.24) is 0 Å². The third-order valence-corrected chi connectivity index (χ3v) is 3.81. The average Bonchev–Trinajstić information content (AvgIpc) is 2.65. The number of hydrogen-bond acceptors (Lipinski definition) is 0. The SMILES string of the molecule is C1=C2CC(c3ccccc31)c1ccccc12. The number of benzene rings is 2. The first-order valence-electron chi connectivity index (χ1n) is 5.82. The Balaban J connectivity index is 2.07. The molecule has 16 heavy (non-hydrogen) atoms. The summed E-state index contributed by atoms with van der Waals surface area (Å²) in [5, 5.41) is 0. The van der Waals surface area contributed by atoms with Gasteiger partial charge in [-0.05, 0) is 34.2 Å². The fourth-order valence-corrected chi connectivity index (χ4v) is 3.09. The van der Waals surface area contributed by atoms with E-state index in [1.54, 1.807) is 0 Å². The topological polar surface area (TPSA) is 0 Å². The molecule has 2 aromatic rings. The summed E-state index contributed by atoms with van der Waals surface area (Å²) >= 11 is 0. The highest BCUT2D eigenvalue weighted by molar-refractivity contribution is 5.91. The van der Waals surface area contributed by atoms with Crippen LogP contribution in [-0.2, 0) is 0 Å². The van der Waals surface area contributed by atoms with Gasteiger partial charge in [0.2, 0.25) is 0 Å². The molecule has 0 nitrogen and oxygen atoms in total. The molecule has 0 heteroatoms. The van der Waals surface area contributed by atoms with Crippen molar-refractivity contribution in [2.75, 3.05) is 0 Å². The first-order valence-corrected chi connectivity index (χ1v) is 5.82. The lowest BCUT2D eigenvalue weighted by Gasteiger charge is -2.17. The molecule has 2 aliphatic rings. The van der Waals surface area contributed by atoms with Gasteiger partial charge in [-0.15, -0.1) is 0 Å². The Labute approximate surface area is 95.2 Å². The minimum Gasteiger partial charge on any atom is -0.0619 e. The van der Waals surface area contributed by atoms with E-state index >= 15 is 0 Å². The van der Waals surface area contributed by atoms with E-state index in [4.69, 9.17) is 0 Å². The van der Waals surface area contributed by atoms with Crippen LogP contribution in [0.3, 0.4) is 0 Å². The van der Waals surface area contributed by atoms with Crippen LogP contribution in [0.2, 0.25) is 0 Å². The fourth-order valence-electron chi connectivity index (χ4n) is 3.09. The molecule has 0 aliphatic heterocycles. The minimum atomic E-state index is 0.604. The molecule has 1 atom stereocenters. The van der Waals surface area contributed by atoms with E-state index in [2.05, 4.69) is 54.6 Å². The normalized spacial score (nSPS) is 20.0. The highest BCUT2D eigenvalue weighted by Crippen LogP contribution is 2.49. The van der Waals surface area contributed by atoms with Crippen molar-refractivity contribution in [1.29, 1.82) is 0 Å². The van der Waals surface area contributed by atoms with Gasteiger partial charge in [-0.1, -0.05) is 54.6 Å². The largest absolute Gasteiger partial charge is 0.0619 e. The second kappa shape index (κ2) is 2.85. The van der Waals surface area contributed by atoms with Crippen molar-refractivity contribution in [3.05, 3.63) is 70.8 Å². The van der Waals surface area contributed by atoms with Crippen LogP contribution in [0, 0.1) is 0 Å². The Morgan fingerprint density at radius 3 is 2.50 bits per heavy atom. The number of allylic oxidation sites excluding steroid dienone is 1. The lowest BCUT2D eigenvalue weighted by molar-refractivity contribution is 0.871. The maximum absolute atomic E-state index is 2.36. The Kier molecular flexibility index (Phi) is 1.49. The smallest absolute Gasteiger partial charge is 0.0142 e. The highest BCUT2D eigenvalue weighted by Gasteiger charge is 2.31. The molecule has 2 aliphatic carbocycles. The van der Waals surface area contributed by atoms with Gasteiger partial charge in [0.15, 0.2) is 0 Å². The molecule has 0 saturated carbocycles. The van der Waals surface area contributed by atoms with Crippen molar-refractivity contribution in [3.63, 3.8) is 0 Å². The second-order valence-corrected chi connectivity index (χ2v) is 4.64. The van der Waals surface area contributed by atoms with E-state index in [9.17, 15) is 0 Å². The van der Waals surface area contributed by atoms with Crippen LogP contribution >= 0.6 is 0 Å². The molecule has 0 amide bonds. The zero-order valence-electron chi connectivity index (χ0n) is 8.98. The molecule has 0 spiro atoms. The van der Waals surface area contributed by atoms with E-state index in [-0.39, 0.29) is 0 Å². The van der Waals surface area contributed by atoms with Crippen molar-refractivity contribution >= 4 is 11.6 Å². The molecule has 0 N–H and O–H groups in total. The second-order valence-electron chi connectivity index (χ2n) is 4.64. The van der Waals surface area contributed by atoms with Gasteiger partial charge in [0, 0.05) is 5.92 Å². The van der Waals surface area contributed by atoms with Gasteiger partial charge >= 0.3 is 0 Å². The maximum atomic E-state index is 2.36. The number of hydrogen-bond donors (Lipinski definition) is 0. The van der Waals surface area contributed by atoms with Crippen LogP contribution in [0.15, 0.2) is 48.5 Å². The quantitative estimate of drug-likeness (QED) is 0.606. The summed E-state index contributed by atoms with van der Waals surface area (Å²) in [4.78, 5) is 0. The lowest BCUT2D eigenvalue weighted by Crippen LogP contribution is -2.00. The Morgan fingerprint density at radius 1 is 0.812 bits per heavy atom. The summed E-state index contributed by atoms with van der Waals surface area (Å²) in [5.41, 5.74) is 7.39. The zero-order valence-corrected chi connectivity index (χ0v) is 8.98. The Morgan fingerprint density at radius 2 is 1.56 bits per heavy atom. The maximum Gasteiger partial charge on any atom is 0.0142 e. The summed E-state index contributed by atoms with van der Waals surface area (Å²) in [5.74, 6) is 0.604. The average molecular weight is 204 g/mol. The van der Waals surface area contributed by atoms with Crippen LogP contribution < -0.4 is 0 Å². The predicted molar refractivity (Wildman–Crippen MR) is 67.2 cm³/mol. The first kappa shape index (κ1) is 8.35. The van der Waals surface area contributed by atoms with Crippen molar-refractivity contribution in [2.24, 2.45) is 0 Å². The summed E-state index contributed by atoms with van der Waals surface area (Å²) in [7, 11) is 0. The molecule has 0 heterocycles. The molecule has 0 saturated heterocycles. The Bertz CT molecular complexity index is 594. The van der Waals surface area contributed by atoms with E-state index in [1.807, 2.05) is 0 Å². The monoisotopic (exact) mass is 204 g/mol. The van der Waals surface area contributed by atoms with Gasteiger partial charge in [-0.2, -0.15) is 0 Å². The van der Waals surface area contributed by atoms with Gasteiger partial charge < -0.3 is 0 Å². The molecule has 0 aromatic heterocycles. The molecule has 0 radical (unpaired) electrons. The van der Waals surface area contributed by atoms with E-state index in [1.165, 1.54) is 34.2 Å². The lowest BCUT2D eigenvalue weighted by atomic mass is 9.86. The van der Waals surface area contributed by atoms with E-state index < -0.39 is 0 Å². The predicted octanol–water partition coefficient (Wildman–Crippen LogP) is 4.08. The molecule has 2 aromatic carbocycles. The van der Waals surface area contributed by atoms with Crippen molar-refractivity contribution in [2.45, 2.75) is 12.3 Å². The van der Waals surface area contributed by atoms with Crippen molar-refractivity contribution in [3.8, 4) is 0 Å². The first-order chi connectivity index (χ1) is 7.93. The summed E-state index contributed by atoms with van der Waals surface area (Å²) in [6.07, 6.45) is 3.55. The molecule has 0 fully saturated rings. The van der Waals surface area contributed by atoms with Gasteiger partial charge in [-0.3, -0.25) is 0 Å². The molecular formula is C16H12. The molecule has 76 valence electrons. The molecular weight excluding hydrogens is 192 g/mol.